The number of halogens is 2. The molecule has 1 aliphatic rings. The smallest absolute Gasteiger partial charge is 0.320 e. The van der Waals surface area contributed by atoms with Gasteiger partial charge in [0.05, 0.1) is 17.8 Å². The Hall–Kier alpha value is -2.58. The number of ether oxygens (including phenoxy) is 2. The molecule has 0 atom stereocenters. The molecule has 1 aliphatic heterocycles. The van der Waals surface area contributed by atoms with Crippen molar-refractivity contribution in [2.75, 3.05) is 18.0 Å². The van der Waals surface area contributed by atoms with E-state index in [0.717, 1.165) is 0 Å². The summed E-state index contributed by atoms with van der Waals surface area (Å²) in [6.45, 7) is 13.0. The predicted octanol–water partition coefficient (Wildman–Crippen LogP) is 4.44. The van der Waals surface area contributed by atoms with Gasteiger partial charge in [-0.1, -0.05) is 0 Å². The Bertz CT molecular complexity index is 923. The van der Waals surface area contributed by atoms with Gasteiger partial charge >= 0.3 is 6.01 Å². The molecule has 7 nitrogen and oxygen atoms in total. The van der Waals surface area contributed by atoms with Crippen LogP contribution in [0, 0.1) is 6.92 Å². The Labute approximate surface area is 175 Å². The Kier molecular flexibility index (Phi) is 5.60. The summed E-state index contributed by atoms with van der Waals surface area (Å²) in [7, 11) is 0. The molecule has 0 aliphatic carbocycles. The van der Waals surface area contributed by atoms with Gasteiger partial charge in [-0.05, 0) is 48.5 Å². The van der Waals surface area contributed by atoms with Crippen LogP contribution >= 0.6 is 0 Å². The third kappa shape index (κ3) is 5.73. The van der Waals surface area contributed by atoms with E-state index in [1.165, 1.54) is 0 Å². The fraction of sp³-hybridized carbons (Fsp3) is 0.619. The van der Waals surface area contributed by atoms with Crippen molar-refractivity contribution < 1.29 is 18.3 Å². The van der Waals surface area contributed by atoms with Crippen molar-refractivity contribution in [3.63, 3.8) is 0 Å². The van der Waals surface area contributed by atoms with Crippen LogP contribution in [0.25, 0.3) is 11.3 Å². The molecule has 1 saturated heterocycles. The van der Waals surface area contributed by atoms with Crippen LogP contribution in [-0.4, -0.2) is 50.2 Å². The first-order valence-electron chi connectivity index (χ1n) is 9.95. The second-order valence-corrected chi connectivity index (χ2v) is 9.49. The molecule has 1 fully saturated rings. The van der Waals surface area contributed by atoms with Crippen LogP contribution in [0.3, 0.4) is 0 Å². The molecule has 2 aromatic rings. The highest BCUT2D eigenvalue weighted by molar-refractivity contribution is 5.67. The van der Waals surface area contributed by atoms with Gasteiger partial charge in [0.2, 0.25) is 5.88 Å². The fourth-order valence-corrected chi connectivity index (χ4v) is 3.00. The van der Waals surface area contributed by atoms with Crippen molar-refractivity contribution in [3.8, 4) is 23.1 Å². The number of hydrogen-bond acceptors (Lipinski definition) is 7. The zero-order chi connectivity index (χ0) is 22.3. The molecule has 0 N–H and O–H groups in total. The number of aromatic nitrogens is 4. The maximum absolute atomic E-state index is 13.7. The molecule has 0 saturated carbocycles. The molecule has 0 bridgehead atoms. The maximum atomic E-state index is 13.7. The number of nitrogens with zero attached hydrogens (tertiary/aromatic N) is 5. The highest BCUT2D eigenvalue weighted by atomic mass is 19.3. The number of alkyl halides is 2. The second-order valence-electron chi connectivity index (χ2n) is 9.49. The van der Waals surface area contributed by atoms with Crippen molar-refractivity contribution in [1.82, 2.24) is 19.9 Å². The van der Waals surface area contributed by atoms with E-state index in [2.05, 4.69) is 19.9 Å². The Morgan fingerprint density at radius 1 is 1.00 bits per heavy atom. The summed E-state index contributed by atoms with van der Waals surface area (Å²) >= 11 is 0. The summed E-state index contributed by atoms with van der Waals surface area (Å²) < 4.78 is 39.2. The zero-order valence-corrected chi connectivity index (χ0v) is 18.6. The molecule has 2 aromatic heterocycles. The van der Waals surface area contributed by atoms with Crippen LogP contribution in [-0.2, 0) is 0 Å². The first-order chi connectivity index (χ1) is 13.7. The molecular formula is C21H29F2N5O2. The van der Waals surface area contributed by atoms with Crippen molar-refractivity contribution in [3.05, 3.63) is 18.1 Å². The number of rotatable bonds is 4. The maximum Gasteiger partial charge on any atom is 0.320 e. The zero-order valence-electron chi connectivity index (χ0n) is 18.6. The van der Waals surface area contributed by atoms with E-state index in [1.54, 1.807) is 24.1 Å². The van der Waals surface area contributed by atoms with Gasteiger partial charge in [0.15, 0.2) is 0 Å². The lowest BCUT2D eigenvalue weighted by atomic mass is 10.1. The van der Waals surface area contributed by atoms with Crippen molar-refractivity contribution in [1.29, 1.82) is 0 Å². The van der Waals surface area contributed by atoms with Gasteiger partial charge in [-0.3, -0.25) is 0 Å². The Balaban J connectivity index is 2.03. The third-order valence-corrected chi connectivity index (χ3v) is 4.13. The van der Waals surface area contributed by atoms with E-state index in [-0.39, 0.29) is 25.5 Å². The molecule has 3 heterocycles. The van der Waals surface area contributed by atoms with Crippen LogP contribution in [0.2, 0.25) is 0 Å². The number of hydrogen-bond donors (Lipinski definition) is 0. The minimum Gasteiger partial charge on any atom is -0.471 e. The lowest BCUT2D eigenvalue weighted by molar-refractivity contribution is 0.0256. The highest BCUT2D eigenvalue weighted by Gasteiger charge is 2.39. The van der Waals surface area contributed by atoms with E-state index < -0.39 is 17.1 Å². The quantitative estimate of drug-likeness (QED) is 0.722. The van der Waals surface area contributed by atoms with Gasteiger partial charge in [0.25, 0.3) is 5.92 Å². The summed E-state index contributed by atoms with van der Waals surface area (Å²) in [5.41, 5.74) is 0.0580. The predicted molar refractivity (Wildman–Crippen MR) is 110 cm³/mol. The van der Waals surface area contributed by atoms with E-state index >= 15 is 0 Å². The molecule has 0 spiro atoms. The van der Waals surface area contributed by atoms with Crippen LogP contribution in [0.4, 0.5) is 14.6 Å². The van der Waals surface area contributed by atoms with E-state index in [4.69, 9.17) is 9.47 Å². The second kappa shape index (κ2) is 7.59. The first-order valence-corrected chi connectivity index (χ1v) is 9.95. The molecule has 0 amide bonds. The lowest BCUT2D eigenvalue weighted by Gasteiger charge is -2.24. The fourth-order valence-electron chi connectivity index (χ4n) is 3.00. The summed E-state index contributed by atoms with van der Waals surface area (Å²) in [6.07, 6.45) is 1.39. The van der Waals surface area contributed by atoms with Crippen LogP contribution in [0.1, 0.15) is 53.8 Å². The van der Waals surface area contributed by atoms with Gasteiger partial charge in [0.1, 0.15) is 22.8 Å². The highest BCUT2D eigenvalue weighted by Crippen LogP contribution is 2.35. The van der Waals surface area contributed by atoms with E-state index in [9.17, 15) is 8.78 Å². The summed E-state index contributed by atoms with van der Waals surface area (Å²) in [4.78, 5) is 19.2. The van der Waals surface area contributed by atoms with Crippen molar-refractivity contribution >= 4 is 5.82 Å². The Morgan fingerprint density at radius 3 is 2.23 bits per heavy atom. The molecule has 164 valence electrons. The molecule has 3 rings (SSSR count). The summed E-state index contributed by atoms with van der Waals surface area (Å²) in [6, 6.07) is 1.86. The van der Waals surface area contributed by atoms with E-state index in [0.29, 0.717) is 28.8 Å². The first kappa shape index (κ1) is 22.1. The van der Waals surface area contributed by atoms with Crippen LogP contribution in [0.5, 0.6) is 11.9 Å². The third-order valence-electron chi connectivity index (χ3n) is 4.13. The standard InChI is InChI=1S/C21H29F2N5O2/c1-13-25-15(10-16(26-13)28-9-8-21(22,23)12-28)14-11-24-18(30-20(5,6)7)27-17(14)29-19(2,3)4/h10-11H,8-9,12H2,1-7H3. The Morgan fingerprint density at radius 2 is 1.67 bits per heavy atom. The minimum absolute atomic E-state index is 0.189. The summed E-state index contributed by atoms with van der Waals surface area (Å²) in [5, 5.41) is 0. The van der Waals surface area contributed by atoms with Gasteiger partial charge in [-0.25, -0.2) is 23.7 Å². The largest absolute Gasteiger partial charge is 0.471 e. The molecule has 0 radical (unpaired) electrons. The van der Waals surface area contributed by atoms with Gasteiger partial charge in [0, 0.05) is 25.2 Å². The number of aryl methyl sites for hydroxylation is 1. The van der Waals surface area contributed by atoms with Gasteiger partial charge < -0.3 is 14.4 Å². The monoisotopic (exact) mass is 421 g/mol. The van der Waals surface area contributed by atoms with Crippen molar-refractivity contribution in [2.45, 2.75) is 72.0 Å². The normalized spacial score (nSPS) is 16.6. The molecule has 0 aromatic carbocycles. The van der Waals surface area contributed by atoms with Crippen LogP contribution < -0.4 is 14.4 Å². The topological polar surface area (TPSA) is 73.3 Å². The molecular weight excluding hydrogens is 392 g/mol. The van der Waals surface area contributed by atoms with Crippen molar-refractivity contribution in [2.24, 2.45) is 0 Å². The minimum atomic E-state index is -2.71. The average molecular weight is 421 g/mol. The van der Waals surface area contributed by atoms with Gasteiger partial charge in [-0.2, -0.15) is 4.98 Å². The lowest BCUT2D eigenvalue weighted by Crippen LogP contribution is -2.27. The van der Waals surface area contributed by atoms with E-state index in [1.807, 2.05) is 41.5 Å². The molecule has 0 unspecified atom stereocenters. The molecule has 9 heteroatoms. The number of anilines is 1. The van der Waals surface area contributed by atoms with Crippen LogP contribution in [0.15, 0.2) is 12.3 Å². The SMILES string of the molecule is Cc1nc(-c2cnc(OC(C)(C)C)nc2OC(C)(C)C)cc(N2CCC(F)(F)C2)n1. The summed E-state index contributed by atoms with van der Waals surface area (Å²) in [5.74, 6) is -1.48. The molecule has 30 heavy (non-hydrogen) atoms. The van der Waals surface area contributed by atoms with Gasteiger partial charge in [-0.15, -0.1) is 0 Å². The average Bonchev–Trinajstić information content (AvgIpc) is 2.91.